The number of hydrogen-bond donors (Lipinski definition) is 1. The second-order valence-corrected chi connectivity index (χ2v) is 6.07. The second kappa shape index (κ2) is 5.65. The van der Waals surface area contributed by atoms with Gasteiger partial charge in [0.2, 0.25) is 0 Å². The maximum atomic E-state index is 6.06. The fourth-order valence-electron chi connectivity index (χ4n) is 2.25. The van der Waals surface area contributed by atoms with Crippen molar-refractivity contribution in [1.82, 2.24) is 9.97 Å². The summed E-state index contributed by atoms with van der Waals surface area (Å²) in [6.45, 7) is 0.546. The van der Waals surface area contributed by atoms with Crippen LogP contribution in [0.2, 0.25) is 0 Å². The Morgan fingerprint density at radius 2 is 2.05 bits per heavy atom. The second-order valence-electron chi connectivity index (χ2n) is 5.00. The summed E-state index contributed by atoms with van der Waals surface area (Å²) in [5.74, 6) is 1.84. The number of nitrogens with zero attached hydrogens (tertiary/aromatic N) is 2. The number of aromatic nitrogens is 2. The molecule has 0 unspecified atom stereocenters. The number of nitrogens with two attached hydrogens (primary N) is 1. The molecule has 0 saturated heterocycles. The van der Waals surface area contributed by atoms with Crippen molar-refractivity contribution in [2.24, 2.45) is 0 Å². The number of methoxy groups -OCH3 is 1. The van der Waals surface area contributed by atoms with E-state index >= 15 is 0 Å². The largest absolute Gasteiger partial charge is 0.383 e. The Kier molecular flexibility index (Phi) is 3.89. The number of halogens is 1. The first-order valence-electron chi connectivity index (χ1n) is 6.61. The van der Waals surface area contributed by atoms with Crippen molar-refractivity contribution >= 4 is 28.4 Å². The van der Waals surface area contributed by atoms with Crippen molar-refractivity contribution < 1.29 is 4.74 Å². The van der Waals surface area contributed by atoms with E-state index in [-0.39, 0.29) is 0 Å². The highest BCUT2D eigenvalue weighted by atomic mass is 127. The monoisotopic (exact) mass is 381 g/mol. The van der Waals surface area contributed by atoms with E-state index in [2.05, 4.69) is 27.6 Å². The molecule has 1 aliphatic carbocycles. The third-order valence-electron chi connectivity index (χ3n) is 3.42. The predicted molar refractivity (Wildman–Crippen MR) is 87.3 cm³/mol. The van der Waals surface area contributed by atoms with Gasteiger partial charge in [0.05, 0.1) is 15.9 Å². The molecule has 0 atom stereocenters. The van der Waals surface area contributed by atoms with Crippen LogP contribution in [-0.2, 0) is 11.3 Å². The van der Waals surface area contributed by atoms with Crippen LogP contribution in [-0.4, -0.2) is 17.1 Å². The number of ether oxygens (including phenoxy) is 1. The third kappa shape index (κ3) is 2.64. The molecule has 104 valence electrons. The van der Waals surface area contributed by atoms with Crippen LogP contribution in [0.5, 0.6) is 0 Å². The van der Waals surface area contributed by atoms with Gasteiger partial charge in [0.25, 0.3) is 0 Å². The first kappa shape index (κ1) is 13.8. The highest BCUT2D eigenvalue weighted by Gasteiger charge is 2.29. The SMILES string of the molecule is COCc1ccccc1-c1nc(N)c(I)c(C2CC2)n1. The lowest BCUT2D eigenvalue weighted by Crippen LogP contribution is -2.05. The van der Waals surface area contributed by atoms with Gasteiger partial charge >= 0.3 is 0 Å². The van der Waals surface area contributed by atoms with Crippen LogP contribution in [0.1, 0.15) is 30.0 Å². The standard InChI is InChI=1S/C15H16IN3O/c1-20-8-10-4-2-3-5-11(10)15-18-13(9-6-7-9)12(16)14(17)19-15/h2-5,9H,6-8H2,1H3,(H2,17,18,19). The fraction of sp³-hybridized carbons (Fsp3) is 0.333. The summed E-state index contributed by atoms with van der Waals surface area (Å²) < 4.78 is 6.24. The van der Waals surface area contributed by atoms with Gasteiger partial charge in [0.15, 0.2) is 5.82 Å². The van der Waals surface area contributed by atoms with Gasteiger partial charge in [-0.3, -0.25) is 0 Å². The molecule has 1 heterocycles. The minimum atomic E-state index is 0.546. The van der Waals surface area contributed by atoms with Crippen molar-refractivity contribution in [3.05, 3.63) is 39.1 Å². The average molecular weight is 381 g/mol. The topological polar surface area (TPSA) is 61.0 Å². The fourth-order valence-corrected chi connectivity index (χ4v) is 2.93. The van der Waals surface area contributed by atoms with Crippen LogP contribution in [0.25, 0.3) is 11.4 Å². The van der Waals surface area contributed by atoms with Crippen molar-refractivity contribution in [1.29, 1.82) is 0 Å². The number of anilines is 1. The molecule has 2 aromatic rings. The maximum Gasteiger partial charge on any atom is 0.162 e. The lowest BCUT2D eigenvalue weighted by atomic mass is 10.1. The smallest absolute Gasteiger partial charge is 0.162 e. The van der Waals surface area contributed by atoms with Crippen LogP contribution in [0, 0.1) is 3.57 Å². The molecule has 1 aliphatic rings. The Balaban J connectivity index is 2.10. The van der Waals surface area contributed by atoms with Crippen LogP contribution in [0.4, 0.5) is 5.82 Å². The van der Waals surface area contributed by atoms with Crippen molar-refractivity contribution in [2.45, 2.75) is 25.4 Å². The molecule has 3 rings (SSSR count). The number of rotatable bonds is 4. The lowest BCUT2D eigenvalue weighted by molar-refractivity contribution is 0.185. The summed E-state index contributed by atoms with van der Waals surface area (Å²) in [4.78, 5) is 9.21. The first-order chi connectivity index (χ1) is 9.70. The first-order valence-corrected chi connectivity index (χ1v) is 7.68. The van der Waals surface area contributed by atoms with Crippen LogP contribution < -0.4 is 5.73 Å². The molecule has 0 radical (unpaired) electrons. The summed E-state index contributed by atoms with van der Waals surface area (Å²) in [7, 11) is 1.69. The number of nitrogen functional groups attached to an aromatic ring is 1. The van der Waals surface area contributed by atoms with Crippen molar-refractivity contribution in [2.75, 3.05) is 12.8 Å². The number of benzene rings is 1. The maximum absolute atomic E-state index is 6.06. The van der Waals surface area contributed by atoms with Crippen molar-refractivity contribution in [3.8, 4) is 11.4 Å². The summed E-state index contributed by atoms with van der Waals surface area (Å²) in [6, 6.07) is 8.04. The molecule has 1 aromatic carbocycles. The average Bonchev–Trinajstić information content (AvgIpc) is 3.27. The predicted octanol–water partition coefficient (Wildman–Crippen LogP) is 3.35. The minimum Gasteiger partial charge on any atom is -0.383 e. The Morgan fingerprint density at radius 1 is 1.30 bits per heavy atom. The van der Waals surface area contributed by atoms with Gasteiger partial charge in [0.1, 0.15) is 5.82 Å². The number of hydrogen-bond acceptors (Lipinski definition) is 4. The molecule has 1 saturated carbocycles. The van der Waals surface area contributed by atoms with E-state index < -0.39 is 0 Å². The quantitative estimate of drug-likeness (QED) is 0.826. The molecule has 1 fully saturated rings. The Morgan fingerprint density at radius 3 is 2.75 bits per heavy atom. The summed E-state index contributed by atoms with van der Waals surface area (Å²) in [5.41, 5.74) is 9.24. The van der Waals surface area contributed by atoms with Crippen molar-refractivity contribution in [3.63, 3.8) is 0 Å². The zero-order valence-electron chi connectivity index (χ0n) is 11.3. The molecule has 0 aliphatic heterocycles. The molecular formula is C15H16IN3O. The van der Waals surface area contributed by atoms with Gasteiger partial charge in [0, 0.05) is 18.6 Å². The molecule has 0 amide bonds. The van der Waals surface area contributed by atoms with E-state index in [1.54, 1.807) is 7.11 Å². The molecule has 0 bridgehead atoms. The summed E-state index contributed by atoms with van der Waals surface area (Å²) in [5, 5.41) is 0. The molecule has 4 nitrogen and oxygen atoms in total. The Hall–Kier alpha value is -1.21. The zero-order chi connectivity index (χ0) is 14.1. The van der Waals surface area contributed by atoms with Gasteiger partial charge in [-0.25, -0.2) is 9.97 Å². The Bertz CT molecular complexity index is 641. The highest BCUT2D eigenvalue weighted by molar-refractivity contribution is 14.1. The lowest BCUT2D eigenvalue weighted by Gasteiger charge is -2.11. The van der Waals surface area contributed by atoms with Crippen LogP contribution >= 0.6 is 22.6 Å². The molecule has 5 heteroatoms. The molecule has 0 spiro atoms. The zero-order valence-corrected chi connectivity index (χ0v) is 13.4. The molecule has 20 heavy (non-hydrogen) atoms. The highest BCUT2D eigenvalue weighted by Crippen LogP contribution is 2.42. The van der Waals surface area contributed by atoms with E-state index in [1.807, 2.05) is 24.3 Å². The normalized spacial score (nSPS) is 14.5. The van der Waals surface area contributed by atoms with Crippen LogP contribution in [0.3, 0.4) is 0 Å². The molecular weight excluding hydrogens is 365 g/mol. The summed E-state index contributed by atoms with van der Waals surface area (Å²) >= 11 is 2.25. The molecule has 2 N–H and O–H groups in total. The van der Waals surface area contributed by atoms with E-state index in [0.29, 0.717) is 24.2 Å². The van der Waals surface area contributed by atoms with Gasteiger partial charge < -0.3 is 10.5 Å². The third-order valence-corrected chi connectivity index (χ3v) is 4.53. The van der Waals surface area contributed by atoms with Gasteiger partial charge in [-0.05, 0) is 41.0 Å². The van der Waals surface area contributed by atoms with Gasteiger partial charge in [-0.2, -0.15) is 0 Å². The molecule has 1 aromatic heterocycles. The summed E-state index contributed by atoms with van der Waals surface area (Å²) in [6.07, 6.45) is 2.40. The van der Waals surface area contributed by atoms with Crippen LogP contribution in [0.15, 0.2) is 24.3 Å². The minimum absolute atomic E-state index is 0.546. The van der Waals surface area contributed by atoms with E-state index in [1.165, 1.54) is 12.8 Å². The van der Waals surface area contributed by atoms with E-state index in [4.69, 9.17) is 15.5 Å². The van der Waals surface area contributed by atoms with Gasteiger partial charge in [-0.15, -0.1) is 0 Å². The van der Waals surface area contributed by atoms with E-state index in [0.717, 1.165) is 20.4 Å². The van der Waals surface area contributed by atoms with Gasteiger partial charge in [-0.1, -0.05) is 24.3 Å². The van der Waals surface area contributed by atoms with E-state index in [9.17, 15) is 0 Å². The Labute approximate surface area is 131 Å².